The Morgan fingerprint density at radius 3 is 2.67 bits per heavy atom. The number of aromatic amines is 2. The van der Waals surface area contributed by atoms with E-state index < -0.39 is 0 Å². The molecule has 3 heterocycles. The van der Waals surface area contributed by atoms with E-state index in [2.05, 4.69) is 15.1 Å². The summed E-state index contributed by atoms with van der Waals surface area (Å²) in [5.41, 5.74) is 1.66. The normalized spacial score (nSPS) is 12.3. The van der Waals surface area contributed by atoms with Gasteiger partial charge in [-0.25, -0.2) is 9.67 Å². The minimum absolute atomic E-state index is 0.00959. The molecule has 5 aromatic rings. The maximum atomic E-state index is 13.5. The number of fused-ring (bicyclic) bond motifs is 3. The van der Waals surface area contributed by atoms with Crippen LogP contribution in [-0.4, -0.2) is 25.5 Å². The van der Waals surface area contributed by atoms with Gasteiger partial charge in [-0.15, -0.1) is 0 Å². The number of nitrogens with one attached hydrogen (secondary N) is 2. The topological polar surface area (TPSA) is 92.8 Å². The van der Waals surface area contributed by atoms with Gasteiger partial charge in [0.15, 0.2) is 5.78 Å². The Hall–Kier alpha value is -3.84. The maximum absolute atomic E-state index is 13.5. The van der Waals surface area contributed by atoms with E-state index >= 15 is 0 Å². The van der Waals surface area contributed by atoms with Crippen molar-refractivity contribution in [2.45, 2.75) is 26.3 Å². The van der Waals surface area contributed by atoms with Crippen molar-refractivity contribution in [3.05, 3.63) is 87.4 Å². The van der Waals surface area contributed by atoms with Crippen molar-refractivity contribution in [3.63, 3.8) is 0 Å². The van der Waals surface area contributed by atoms with Crippen molar-refractivity contribution in [1.29, 1.82) is 0 Å². The zero-order valence-corrected chi connectivity index (χ0v) is 18.8. The van der Waals surface area contributed by atoms with Crippen LogP contribution in [0, 0.1) is 0 Å². The summed E-state index contributed by atoms with van der Waals surface area (Å²) in [6.07, 6.45) is 3.92. The lowest BCUT2D eigenvalue weighted by molar-refractivity contribution is 0.104. The molecule has 0 fully saturated rings. The number of ether oxygens (including phenoxy) is 1. The molecular weight excluding hydrogens is 440 g/mol. The first-order valence-corrected chi connectivity index (χ1v) is 11.0. The molecule has 0 radical (unpaired) electrons. The first kappa shape index (κ1) is 21.0. The number of ketones is 1. The average Bonchev–Trinajstić information content (AvgIpc) is 3.40. The quantitative estimate of drug-likeness (QED) is 0.311. The van der Waals surface area contributed by atoms with Crippen LogP contribution in [0.5, 0.6) is 11.5 Å². The highest BCUT2D eigenvalue weighted by Gasteiger charge is 2.22. The molecule has 0 aliphatic rings. The van der Waals surface area contributed by atoms with Gasteiger partial charge in [0.2, 0.25) is 0 Å². The molecule has 166 valence electrons. The number of para-hydroxylation sites is 1. The fourth-order valence-electron chi connectivity index (χ4n) is 3.86. The second-order valence-corrected chi connectivity index (χ2v) is 8.31. The zero-order valence-electron chi connectivity index (χ0n) is 18.1. The maximum Gasteiger partial charge on any atom is 0.276 e. The molecule has 1 atom stereocenters. The van der Waals surface area contributed by atoms with E-state index in [1.807, 2.05) is 44.2 Å². The number of pyridine rings is 1. The molecule has 0 unspecified atom stereocenters. The minimum atomic E-state index is -0.274. The second kappa shape index (κ2) is 8.26. The SMILES string of the molecule is CC[C@H](C)n1[nH]c2c(cnc3[nH]cc(C(=O)c4ccc(Oc5ccccc5)cc4Cl)c32)c1=O. The third kappa shape index (κ3) is 3.60. The van der Waals surface area contributed by atoms with Gasteiger partial charge >= 0.3 is 0 Å². The summed E-state index contributed by atoms with van der Waals surface area (Å²) in [5.74, 6) is 0.928. The monoisotopic (exact) mass is 460 g/mol. The van der Waals surface area contributed by atoms with Gasteiger partial charge in [-0.3, -0.25) is 14.7 Å². The third-order valence-electron chi connectivity index (χ3n) is 5.82. The average molecular weight is 461 g/mol. The number of hydrogen-bond acceptors (Lipinski definition) is 4. The number of hydrogen-bond donors (Lipinski definition) is 2. The highest BCUT2D eigenvalue weighted by molar-refractivity contribution is 6.36. The summed E-state index contributed by atoms with van der Waals surface area (Å²) in [7, 11) is 0. The van der Waals surface area contributed by atoms with E-state index in [1.54, 1.807) is 29.1 Å². The number of carbonyl (C=O) groups excluding carboxylic acids is 1. The highest BCUT2D eigenvalue weighted by Crippen LogP contribution is 2.31. The summed E-state index contributed by atoms with van der Waals surface area (Å²) < 4.78 is 7.39. The van der Waals surface area contributed by atoms with Gasteiger partial charge in [0.25, 0.3) is 5.56 Å². The molecule has 0 saturated carbocycles. The lowest BCUT2D eigenvalue weighted by Gasteiger charge is -2.09. The van der Waals surface area contributed by atoms with Crippen molar-refractivity contribution in [2.24, 2.45) is 0 Å². The van der Waals surface area contributed by atoms with Crippen LogP contribution in [0.1, 0.15) is 42.2 Å². The zero-order chi connectivity index (χ0) is 23.1. The smallest absolute Gasteiger partial charge is 0.276 e. The fraction of sp³-hybridized carbons (Fsp3) is 0.160. The Kier molecular flexibility index (Phi) is 5.26. The van der Waals surface area contributed by atoms with E-state index in [0.717, 1.165) is 6.42 Å². The molecule has 3 aromatic heterocycles. The van der Waals surface area contributed by atoms with Crippen LogP contribution in [0.3, 0.4) is 0 Å². The first-order chi connectivity index (χ1) is 16.0. The standard InChI is InChI=1S/C25H21ClN4O3/c1-3-14(2)30-25(32)19-13-28-24-21(22(19)29-30)18(12-27-24)23(31)17-10-9-16(11-20(17)26)33-15-7-5-4-6-8-15/h4-14,29H,3H2,1-2H3,(H,27,28)/t14-/m0/s1. The molecular formula is C25H21ClN4O3. The number of halogens is 1. The number of benzene rings is 2. The fourth-order valence-corrected chi connectivity index (χ4v) is 4.12. The molecule has 33 heavy (non-hydrogen) atoms. The predicted octanol–water partition coefficient (Wildman–Crippen LogP) is 5.85. The van der Waals surface area contributed by atoms with Gasteiger partial charge in [-0.2, -0.15) is 0 Å². The Morgan fingerprint density at radius 2 is 1.94 bits per heavy atom. The summed E-state index contributed by atoms with van der Waals surface area (Å²) in [6.45, 7) is 3.97. The van der Waals surface area contributed by atoms with Gasteiger partial charge in [-0.1, -0.05) is 36.7 Å². The molecule has 5 rings (SSSR count). The van der Waals surface area contributed by atoms with Gasteiger partial charge in [0.1, 0.15) is 17.1 Å². The van der Waals surface area contributed by atoms with E-state index in [0.29, 0.717) is 44.6 Å². The van der Waals surface area contributed by atoms with E-state index in [-0.39, 0.29) is 22.4 Å². The molecule has 0 spiro atoms. The number of nitrogens with zero attached hydrogens (tertiary/aromatic N) is 2. The van der Waals surface area contributed by atoms with Crippen LogP contribution in [0.25, 0.3) is 21.9 Å². The molecule has 7 nitrogen and oxygen atoms in total. The van der Waals surface area contributed by atoms with Crippen molar-refractivity contribution in [3.8, 4) is 11.5 Å². The van der Waals surface area contributed by atoms with Crippen LogP contribution in [0.15, 0.2) is 65.7 Å². The third-order valence-corrected chi connectivity index (χ3v) is 6.14. The summed E-state index contributed by atoms with van der Waals surface area (Å²) in [5, 5.41) is 4.46. The van der Waals surface area contributed by atoms with Gasteiger partial charge < -0.3 is 9.72 Å². The second-order valence-electron chi connectivity index (χ2n) is 7.90. The molecule has 0 aliphatic heterocycles. The summed E-state index contributed by atoms with van der Waals surface area (Å²) in [4.78, 5) is 33.7. The molecule has 0 aliphatic carbocycles. The highest BCUT2D eigenvalue weighted by atomic mass is 35.5. The largest absolute Gasteiger partial charge is 0.457 e. The van der Waals surface area contributed by atoms with E-state index in [4.69, 9.17) is 16.3 Å². The molecule has 0 saturated heterocycles. The summed E-state index contributed by atoms with van der Waals surface area (Å²) in [6, 6.07) is 14.3. The number of H-pyrrole nitrogens is 2. The Morgan fingerprint density at radius 1 is 1.15 bits per heavy atom. The van der Waals surface area contributed by atoms with Gasteiger partial charge in [0, 0.05) is 24.0 Å². The van der Waals surface area contributed by atoms with Crippen molar-refractivity contribution in [2.75, 3.05) is 0 Å². The summed E-state index contributed by atoms with van der Waals surface area (Å²) >= 11 is 6.48. The van der Waals surface area contributed by atoms with Crippen LogP contribution < -0.4 is 10.3 Å². The Bertz CT molecular complexity index is 1550. The molecule has 0 amide bonds. The van der Waals surface area contributed by atoms with E-state index in [1.165, 1.54) is 6.20 Å². The number of rotatable bonds is 6. The van der Waals surface area contributed by atoms with Crippen LogP contribution in [0.4, 0.5) is 0 Å². The molecule has 2 aromatic carbocycles. The lowest BCUT2D eigenvalue weighted by Crippen LogP contribution is -2.19. The van der Waals surface area contributed by atoms with Crippen LogP contribution in [-0.2, 0) is 0 Å². The lowest BCUT2D eigenvalue weighted by atomic mass is 10.0. The van der Waals surface area contributed by atoms with Crippen molar-refractivity contribution >= 4 is 39.3 Å². The first-order valence-electron chi connectivity index (χ1n) is 10.7. The predicted molar refractivity (Wildman–Crippen MR) is 129 cm³/mol. The van der Waals surface area contributed by atoms with Gasteiger partial charge in [0.05, 0.1) is 32.9 Å². The Balaban J connectivity index is 1.57. The van der Waals surface area contributed by atoms with E-state index in [9.17, 15) is 9.59 Å². The number of carbonyl (C=O) groups is 1. The molecule has 2 N–H and O–H groups in total. The molecule has 8 heteroatoms. The van der Waals surface area contributed by atoms with Crippen molar-refractivity contribution < 1.29 is 9.53 Å². The minimum Gasteiger partial charge on any atom is -0.457 e. The molecule has 0 bridgehead atoms. The van der Waals surface area contributed by atoms with Crippen LogP contribution in [0.2, 0.25) is 5.02 Å². The Labute approximate surface area is 194 Å². The van der Waals surface area contributed by atoms with Crippen molar-refractivity contribution in [1.82, 2.24) is 19.7 Å². The van der Waals surface area contributed by atoms with Gasteiger partial charge in [-0.05, 0) is 37.6 Å². The number of aromatic nitrogens is 4. The van der Waals surface area contributed by atoms with Crippen LogP contribution >= 0.6 is 11.6 Å².